The number of aromatic nitrogens is 2. The molecule has 8 nitrogen and oxygen atoms in total. The number of fused-ring (bicyclic) bond motifs is 2. The van der Waals surface area contributed by atoms with E-state index in [-0.39, 0.29) is 11.5 Å². The van der Waals surface area contributed by atoms with E-state index in [1.54, 1.807) is 25.4 Å². The number of hydrogen-bond acceptors (Lipinski definition) is 6. The molecule has 1 amide bonds. The van der Waals surface area contributed by atoms with E-state index in [2.05, 4.69) is 9.82 Å². The van der Waals surface area contributed by atoms with Gasteiger partial charge in [0.15, 0.2) is 0 Å². The van der Waals surface area contributed by atoms with Crippen molar-refractivity contribution in [1.29, 1.82) is 0 Å². The van der Waals surface area contributed by atoms with E-state index in [0.29, 0.717) is 33.9 Å². The number of methoxy groups -OCH3 is 1. The Morgan fingerprint density at radius 3 is 2.77 bits per heavy atom. The Bertz CT molecular complexity index is 1290. The van der Waals surface area contributed by atoms with Gasteiger partial charge < -0.3 is 9.47 Å². The number of nitrogens with zero attached hydrogens (tertiary/aromatic N) is 2. The zero-order valence-corrected chi connectivity index (χ0v) is 18.1. The number of rotatable bonds is 5. The zero-order valence-electron chi connectivity index (χ0n) is 17.3. The molecule has 0 unspecified atom stereocenters. The number of hydrogen-bond donors (Lipinski definition) is 1. The van der Waals surface area contributed by atoms with Gasteiger partial charge in [-0.15, -0.1) is 0 Å². The Labute approximate surface area is 180 Å². The van der Waals surface area contributed by atoms with E-state index >= 15 is 0 Å². The monoisotopic (exact) mass is 441 g/mol. The van der Waals surface area contributed by atoms with Gasteiger partial charge in [-0.3, -0.25) is 9.48 Å². The maximum Gasteiger partial charge on any atom is 0.266 e. The normalized spacial score (nSPS) is 18.3. The van der Waals surface area contributed by atoms with Gasteiger partial charge in [-0.1, -0.05) is 24.6 Å². The molecule has 0 bridgehead atoms. The van der Waals surface area contributed by atoms with Crippen molar-refractivity contribution in [1.82, 2.24) is 14.5 Å². The second kappa shape index (κ2) is 7.26. The van der Waals surface area contributed by atoms with Crippen molar-refractivity contribution in [3.8, 4) is 11.5 Å². The number of para-hydroxylation sites is 1. The number of amides is 1. The maximum atomic E-state index is 13.1. The Morgan fingerprint density at radius 1 is 1.26 bits per heavy atom. The summed E-state index contributed by atoms with van der Waals surface area (Å²) in [5, 5.41) is 4.80. The van der Waals surface area contributed by atoms with E-state index in [1.165, 1.54) is 24.3 Å². The van der Waals surface area contributed by atoms with Crippen LogP contribution < -0.4 is 14.2 Å². The summed E-state index contributed by atoms with van der Waals surface area (Å²) in [5.74, 6) is 0.192. The molecule has 0 spiro atoms. The smallest absolute Gasteiger partial charge is 0.266 e. The van der Waals surface area contributed by atoms with Gasteiger partial charge in [-0.25, -0.2) is 13.1 Å². The van der Waals surface area contributed by atoms with Crippen LogP contribution in [0.15, 0.2) is 41.4 Å². The fourth-order valence-corrected chi connectivity index (χ4v) is 5.72. The van der Waals surface area contributed by atoms with Gasteiger partial charge in [0, 0.05) is 12.4 Å². The molecule has 2 aromatic carbocycles. The number of ether oxygens (including phenoxy) is 2. The van der Waals surface area contributed by atoms with Crippen molar-refractivity contribution in [2.75, 3.05) is 13.7 Å². The topological polar surface area (TPSA) is 99.5 Å². The highest BCUT2D eigenvalue weighted by Crippen LogP contribution is 2.49. The van der Waals surface area contributed by atoms with Crippen molar-refractivity contribution in [3.05, 3.63) is 47.7 Å². The van der Waals surface area contributed by atoms with E-state index in [0.717, 1.165) is 18.4 Å². The summed E-state index contributed by atoms with van der Waals surface area (Å²) < 4.78 is 41.4. The Balaban J connectivity index is 1.49. The minimum absolute atomic E-state index is 0.00710. The summed E-state index contributed by atoms with van der Waals surface area (Å²) in [7, 11) is -0.917. The number of carbonyl (C=O) groups is 1. The zero-order chi connectivity index (χ0) is 21.8. The average molecular weight is 442 g/mol. The number of benzene rings is 2. The SMILES string of the molecule is COc1ccc(C2CCC2)c2c1[C@@H](C(=O)NS(=O)(=O)c1cccc3cnn(C)c13)CO2. The summed E-state index contributed by atoms with van der Waals surface area (Å²) in [5.41, 5.74) is 2.13. The lowest BCUT2D eigenvalue weighted by atomic mass is 9.78. The summed E-state index contributed by atoms with van der Waals surface area (Å²) in [4.78, 5) is 13.1. The molecule has 1 aromatic heterocycles. The van der Waals surface area contributed by atoms with Crippen LogP contribution in [0.1, 0.15) is 42.2 Å². The van der Waals surface area contributed by atoms with E-state index < -0.39 is 21.8 Å². The summed E-state index contributed by atoms with van der Waals surface area (Å²) >= 11 is 0. The molecular weight excluding hydrogens is 418 g/mol. The molecule has 0 saturated heterocycles. The molecule has 162 valence electrons. The largest absolute Gasteiger partial charge is 0.496 e. The van der Waals surface area contributed by atoms with Crippen molar-refractivity contribution >= 4 is 26.8 Å². The van der Waals surface area contributed by atoms with Gasteiger partial charge in [0.25, 0.3) is 10.0 Å². The molecule has 5 rings (SSSR count). The predicted octanol–water partition coefficient (Wildman–Crippen LogP) is 2.83. The number of carbonyl (C=O) groups excluding carboxylic acids is 1. The van der Waals surface area contributed by atoms with Gasteiger partial charge in [-0.05, 0) is 36.5 Å². The Hall–Kier alpha value is -3.07. The van der Waals surface area contributed by atoms with E-state index in [4.69, 9.17) is 9.47 Å². The first-order chi connectivity index (χ1) is 14.9. The third-order valence-corrected chi connectivity index (χ3v) is 7.64. The van der Waals surface area contributed by atoms with Gasteiger partial charge in [-0.2, -0.15) is 5.10 Å². The fourth-order valence-electron chi connectivity index (χ4n) is 4.44. The lowest BCUT2D eigenvalue weighted by molar-refractivity contribution is -0.121. The summed E-state index contributed by atoms with van der Waals surface area (Å²) in [6.07, 6.45) is 4.93. The lowest BCUT2D eigenvalue weighted by Crippen LogP contribution is -2.35. The fraction of sp³-hybridized carbons (Fsp3) is 0.364. The highest BCUT2D eigenvalue weighted by molar-refractivity contribution is 7.90. The van der Waals surface area contributed by atoms with Crippen molar-refractivity contribution in [3.63, 3.8) is 0 Å². The highest BCUT2D eigenvalue weighted by atomic mass is 32.2. The molecule has 1 aliphatic heterocycles. The molecule has 1 N–H and O–H groups in total. The number of aryl methyl sites for hydroxylation is 1. The molecule has 0 radical (unpaired) electrons. The van der Waals surface area contributed by atoms with Crippen LogP contribution in [-0.4, -0.2) is 37.8 Å². The third kappa shape index (κ3) is 3.15. The van der Waals surface area contributed by atoms with Crippen LogP contribution in [-0.2, 0) is 21.9 Å². The second-order valence-corrected chi connectivity index (χ2v) is 9.67. The van der Waals surface area contributed by atoms with Crippen LogP contribution in [0.25, 0.3) is 10.9 Å². The molecular formula is C22H23N3O5S. The molecule has 1 atom stereocenters. The molecule has 1 aliphatic carbocycles. The van der Waals surface area contributed by atoms with Crippen LogP contribution in [0.2, 0.25) is 0 Å². The molecule has 3 aromatic rings. The molecule has 9 heteroatoms. The minimum Gasteiger partial charge on any atom is -0.496 e. The first-order valence-corrected chi connectivity index (χ1v) is 11.7. The van der Waals surface area contributed by atoms with Gasteiger partial charge >= 0.3 is 0 Å². The van der Waals surface area contributed by atoms with Crippen LogP contribution in [0.3, 0.4) is 0 Å². The van der Waals surface area contributed by atoms with Crippen molar-refractivity contribution in [2.24, 2.45) is 7.05 Å². The highest BCUT2D eigenvalue weighted by Gasteiger charge is 2.39. The second-order valence-electron chi connectivity index (χ2n) is 8.02. The third-order valence-electron chi connectivity index (χ3n) is 6.26. The van der Waals surface area contributed by atoms with Crippen LogP contribution in [0.5, 0.6) is 11.5 Å². The summed E-state index contributed by atoms with van der Waals surface area (Å²) in [6, 6.07) is 8.70. The summed E-state index contributed by atoms with van der Waals surface area (Å²) in [6.45, 7) is 0.0761. The molecule has 1 saturated carbocycles. The predicted molar refractivity (Wildman–Crippen MR) is 114 cm³/mol. The van der Waals surface area contributed by atoms with Crippen LogP contribution in [0, 0.1) is 0 Å². The number of sulfonamides is 1. The van der Waals surface area contributed by atoms with Gasteiger partial charge in [0.05, 0.1) is 24.4 Å². The van der Waals surface area contributed by atoms with Crippen molar-refractivity contribution in [2.45, 2.75) is 36.0 Å². The van der Waals surface area contributed by atoms with Crippen LogP contribution in [0.4, 0.5) is 0 Å². The molecule has 2 aliphatic rings. The maximum absolute atomic E-state index is 13.1. The molecule has 1 fully saturated rings. The Kier molecular flexibility index (Phi) is 4.65. The Morgan fingerprint density at radius 2 is 2.06 bits per heavy atom. The first kappa shape index (κ1) is 19.9. The quantitative estimate of drug-likeness (QED) is 0.654. The van der Waals surface area contributed by atoms with E-state index in [9.17, 15) is 13.2 Å². The molecule has 31 heavy (non-hydrogen) atoms. The van der Waals surface area contributed by atoms with Gasteiger partial charge in [0.2, 0.25) is 5.91 Å². The van der Waals surface area contributed by atoms with Crippen molar-refractivity contribution < 1.29 is 22.7 Å². The first-order valence-electron chi connectivity index (χ1n) is 10.2. The van der Waals surface area contributed by atoms with Crippen LogP contribution >= 0.6 is 0 Å². The molecule has 2 heterocycles. The van der Waals surface area contributed by atoms with E-state index in [1.807, 2.05) is 12.1 Å². The average Bonchev–Trinajstić information content (AvgIpc) is 3.31. The number of nitrogens with one attached hydrogen (secondary N) is 1. The van der Waals surface area contributed by atoms with Gasteiger partial charge in [0.1, 0.15) is 28.9 Å². The standard InChI is InChI=1S/C22H23N3O5S/c1-25-20-14(11-23-25)7-4-8-18(20)31(27,28)24-22(26)16-12-30-21-15(13-5-3-6-13)9-10-17(29-2)19(16)21/h4,7-11,13,16H,3,5-6,12H2,1-2H3,(H,24,26)/t16-/m0/s1. The minimum atomic E-state index is -4.11. The lowest BCUT2D eigenvalue weighted by Gasteiger charge is -2.27.